The van der Waals surface area contributed by atoms with Gasteiger partial charge in [-0.1, -0.05) is 18.2 Å². The van der Waals surface area contributed by atoms with E-state index in [4.69, 9.17) is 4.74 Å². The molecule has 0 aliphatic heterocycles. The quantitative estimate of drug-likeness (QED) is 0.550. The van der Waals surface area contributed by atoms with Crippen molar-refractivity contribution in [2.75, 3.05) is 43.6 Å². The minimum atomic E-state index is -3.47. The van der Waals surface area contributed by atoms with Crippen LogP contribution in [0.2, 0.25) is 0 Å². The van der Waals surface area contributed by atoms with Crippen molar-refractivity contribution in [3.8, 4) is 5.75 Å². The molecule has 2 rings (SSSR count). The van der Waals surface area contributed by atoms with Crippen LogP contribution in [-0.4, -0.2) is 53.2 Å². The molecule has 3 N–H and O–H groups in total. The molecule has 0 heterocycles. The van der Waals surface area contributed by atoms with Gasteiger partial charge in [-0.15, -0.1) is 0 Å². The summed E-state index contributed by atoms with van der Waals surface area (Å²) in [7, 11) is -1.92. The number of nitrogens with one attached hydrogen (secondary N) is 3. The second-order valence-corrected chi connectivity index (χ2v) is 8.54. The van der Waals surface area contributed by atoms with Gasteiger partial charge in [0.25, 0.3) is 11.8 Å². The molecular formula is C20H26N3O5S+. The largest absolute Gasteiger partial charge is 0.497 e. The first-order valence-electron chi connectivity index (χ1n) is 9.09. The molecule has 0 aliphatic carbocycles. The van der Waals surface area contributed by atoms with E-state index >= 15 is 0 Å². The molecule has 0 aromatic heterocycles. The number of carbonyl (C=O) groups excluding carboxylic acids is 2. The average Bonchev–Trinajstić information content (AvgIpc) is 2.67. The third-order valence-corrected chi connectivity index (χ3v) is 5.39. The van der Waals surface area contributed by atoms with Crippen molar-refractivity contribution in [2.45, 2.75) is 11.8 Å². The predicted octanol–water partition coefficient (Wildman–Crippen LogP) is 0.581. The van der Waals surface area contributed by atoms with Crippen LogP contribution in [0.5, 0.6) is 5.75 Å². The first-order chi connectivity index (χ1) is 13.7. The highest BCUT2D eigenvalue weighted by Gasteiger charge is 2.19. The van der Waals surface area contributed by atoms with Gasteiger partial charge in [0, 0.05) is 18.0 Å². The van der Waals surface area contributed by atoms with Crippen molar-refractivity contribution in [3.05, 3.63) is 48.5 Å². The second kappa shape index (κ2) is 10.0. The summed E-state index contributed by atoms with van der Waals surface area (Å²) >= 11 is 0. The number of benzene rings is 2. The lowest BCUT2D eigenvalue weighted by Gasteiger charge is -2.17. The molecule has 0 bridgehead atoms. The molecule has 29 heavy (non-hydrogen) atoms. The highest BCUT2D eigenvalue weighted by Crippen LogP contribution is 2.20. The zero-order valence-electron chi connectivity index (χ0n) is 16.7. The van der Waals surface area contributed by atoms with Crippen molar-refractivity contribution in [3.63, 3.8) is 0 Å². The molecule has 2 aromatic rings. The van der Waals surface area contributed by atoms with E-state index in [1.807, 2.05) is 6.92 Å². The highest BCUT2D eigenvalue weighted by molar-refractivity contribution is 7.90. The maximum absolute atomic E-state index is 12.4. The van der Waals surface area contributed by atoms with Crippen molar-refractivity contribution in [2.24, 2.45) is 0 Å². The van der Waals surface area contributed by atoms with E-state index in [0.717, 1.165) is 11.2 Å². The lowest BCUT2D eigenvalue weighted by Crippen LogP contribution is -3.13. The number of hydrogen-bond acceptors (Lipinski definition) is 5. The van der Waals surface area contributed by atoms with Crippen molar-refractivity contribution in [1.82, 2.24) is 0 Å². The van der Waals surface area contributed by atoms with Crippen LogP contribution in [0, 0.1) is 0 Å². The standard InChI is InChI=1S/C20H25N3O5S/c1-4-23(13-19(24)21-15-8-7-9-16(12-15)28-2)14-20(25)22-17-10-5-6-11-18(17)29(3,26)27/h5-12H,4,13-14H2,1-3H3,(H,21,24)(H,22,25)/p+1. The van der Waals surface area contributed by atoms with Gasteiger partial charge in [0.05, 0.1) is 24.2 Å². The molecule has 1 unspecified atom stereocenters. The predicted molar refractivity (Wildman–Crippen MR) is 111 cm³/mol. The van der Waals surface area contributed by atoms with Crippen molar-refractivity contribution >= 4 is 33.0 Å². The molecule has 0 saturated heterocycles. The monoisotopic (exact) mass is 420 g/mol. The Kier molecular flexibility index (Phi) is 7.74. The molecule has 2 amide bonds. The van der Waals surface area contributed by atoms with Crippen molar-refractivity contribution < 1.29 is 27.6 Å². The number of para-hydroxylation sites is 1. The third-order valence-electron chi connectivity index (χ3n) is 4.24. The van der Waals surface area contributed by atoms with Gasteiger partial charge in [0.1, 0.15) is 5.75 Å². The summed E-state index contributed by atoms with van der Waals surface area (Å²) in [4.78, 5) is 25.5. The minimum Gasteiger partial charge on any atom is -0.497 e. The molecule has 0 saturated carbocycles. The Morgan fingerprint density at radius 1 is 1.00 bits per heavy atom. The molecule has 0 radical (unpaired) electrons. The van der Waals surface area contributed by atoms with Gasteiger partial charge < -0.3 is 20.3 Å². The number of sulfone groups is 1. The zero-order chi connectivity index (χ0) is 21.4. The lowest BCUT2D eigenvalue weighted by molar-refractivity contribution is -0.881. The molecular weight excluding hydrogens is 394 g/mol. The molecule has 0 fully saturated rings. The van der Waals surface area contributed by atoms with Gasteiger partial charge in [0.15, 0.2) is 22.9 Å². The number of rotatable bonds is 9. The second-order valence-electron chi connectivity index (χ2n) is 6.55. The molecule has 156 valence electrons. The summed E-state index contributed by atoms with van der Waals surface area (Å²) in [5, 5.41) is 5.42. The number of ether oxygens (including phenoxy) is 1. The van der Waals surface area contributed by atoms with Crippen LogP contribution >= 0.6 is 0 Å². The van der Waals surface area contributed by atoms with E-state index in [9.17, 15) is 18.0 Å². The van der Waals surface area contributed by atoms with Gasteiger partial charge in [-0.3, -0.25) is 9.59 Å². The molecule has 2 aromatic carbocycles. The first-order valence-corrected chi connectivity index (χ1v) is 11.0. The average molecular weight is 421 g/mol. The summed E-state index contributed by atoms with van der Waals surface area (Å²) in [5.74, 6) is 0.0259. The summed E-state index contributed by atoms with van der Waals surface area (Å²) in [6.07, 6.45) is 1.09. The molecule has 1 atom stereocenters. The number of carbonyl (C=O) groups is 2. The fraction of sp³-hybridized carbons (Fsp3) is 0.300. The maximum atomic E-state index is 12.4. The van der Waals surface area contributed by atoms with E-state index in [2.05, 4.69) is 10.6 Å². The van der Waals surface area contributed by atoms with Crippen LogP contribution in [0.15, 0.2) is 53.4 Å². The number of quaternary nitrogens is 1. The van der Waals surface area contributed by atoms with Gasteiger partial charge >= 0.3 is 0 Å². The normalized spacial score (nSPS) is 12.1. The fourth-order valence-electron chi connectivity index (χ4n) is 2.76. The van der Waals surface area contributed by atoms with Crippen LogP contribution in [0.3, 0.4) is 0 Å². The van der Waals surface area contributed by atoms with E-state index in [1.165, 1.54) is 12.1 Å². The van der Waals surface area contributed by atoms with Crippen LogP contribution in [-0.2, 0) is 19.4 Å². The Hall–Kier alpha value is -2.91. The van der Waals surface area contributed by atoms with Crippen molar-refractivity contribution in [1.29, 1.82) is 0 Å². The zero-order valence-corrected chi connectivity index (χ0v) is 17.5. The van der Waals surface area contributed by atoms with E-state index in [0.29, 0.717) is 18.0 Å². The van der Waals surface area contributed by atoms with Gasteiger partial charge in [-0.25, -0.2) is 8.42 Å². The van der Waals surface area contributed by atoms with E-state index in [1.54, 1.807) is 43.5 Å². The molecule has 0 spiro atoms. The topological polar surface area (TPSA) is 106 Å². The van der Waals surface area contributed by atoms with E-state index < -0.39 is 9.84 Å². The smallest absolute Gasteiger partial charge is 0.279 e. The Balaban J connectivity index is 1.97. The highest BCUT2D eigenvalue weighted by atomic mass is 32.2. The Bertz CT molecular complexity index is 976. The number of hydrogen-bond donors (Lipinski definition) is 3. The van der Waals surface area contributed by atoms with Gasteiger partial charge in [-0.05, 0) is 31.2 Å². The molecule has 8 nitrogen and oxygen atoms in total. The SMILES string of the molecule is CC[NH+](CC(=O)Nc1cccc(OC)c1)CC(=O)Nc1ccccc1S(C)(=O)=O. The summed E-state index contributed by atoms with van der Waals surface area (Å²) in [6, 6.07) is 13.2. The first kappa shape index (κ1) is 22.4. The molecule has 0 aliphatic rings. The van der Waals surface area contributed by atoms with Crippen LogP contribution in [0.4, 0.5) is 11.4 Å². The van der Waals surface area contributed by atoms with Crippen LogP contribution < -0.4 is 20.3 Å². The summed E-state index contributed by atoms with van der Waals surface area (Å²) in [5.41, 5.74) is 0.840. The molecule has 9 heteroatoms. The Labute approximate surface area is 170 Å². The lowest BCUT2D eigenvalue weighted by atomic mass is 10.3. The maximum Gasteiger partial charge on any atom is 0.279 e. The van der Waals surface area contributed by atoms with E-state index in [-0.39, 0.29) is 35.5 Å². The van der Waals surface area contributed by atoms with Gasteiger partial charge in [-0.2, -0.15) is 0 Å². The fourth-order valence-corrected chi connectivity index (χ4v) is 3.60. The number of anilines is 2. The van der Waals surface area contributed by atoms with Gasteiger partial charge in [0.2, 0.25) is 0 Å². The van der Waals surface area contributed by atoms with Crippen LogP contribution in [0.25, 0.3) is 0 Å². The number of methoxy groups -OCH3 is 1. The third kappa shape index (κ3) is 6.88. The van der Waals surface area contributed by atoms with Crippen LogP contribution in [0.1, 0.15) is 6.92 Å². The summed E-state index contributed by atoms with van der Waals surface area (Å²) in [6.45, 7) is 2.54. The number of amides is 2. The Morgan fingerprint density at radius 2 is 1.66 bits per heavy atom. The summed E-state index contributed by atoms with van der Waals surface area (Å²) < 4.78 is 28.8. The Morgan fingerprint density at radius 3 is 2.28 bits per heavy atom. The number of likely N-dealkylation sites (N-methyl/N-ethyl adjacent to an activating group) is 1. The minimum absolute atomic E-state index is 0.0279.